The van der Waals surface area contributed by atoms with Crippen molar-refractivity contribution in [1.29, 1.82) is 0 Å². The summed E-state index contributed by atoms with van der Waals surface area (Å²) in [5.41, 5.74) is 11.5. The van der Waals surface area contributed by atoms with Gasteiger partial charge in [0.15, 0.2) is 5.82 Å². The van der Waals surface area contributed by atoms with Gasteiger partial charge in [-0.1, -0.05) is 13.5 Å². The van der Waals surface area contributed by atoms with Gasteiger partial charge >= 0.3 is 0 Å². The molecule has 0 spiro atoms. The van der Waals surface area contributed by atoms with E-state index in [1.165, 1.54) is 0 Å². The maximum Gasteiger partial charge on any atom is 0.157 e. The zero-order valence-corrected chi connectivity index (χ0v) is 20.1. The van der Waals surface area contributed by atoms with Crippen molar-refractivity contribution in [3.63, 3.8) is 0 Å². The number of rotatable bonds is 6. The number of fused-ring (bicyclic) bond motifs is 2. The summed E-state index contributed by atoms with van der Waals surface area (Å²) in [4.78, 5) is 11.7. The molecule has 0 saturated carbocycles. The summed E-state index contributed by atoms with van der Waals surface area (Å²) in [6.45, 7) is 9.30. The fourth-order valence-electron chi connectivity index (χ4n) is 5.25. The van der Waals surface area contributed by atoms with Crippen LogP contribution in [0, 0.1) is 5.92 Å². The highest BCUT2D eigenvalue weighted by Gasteiger charge is 2.35. The first kappa shape index (κ1) is 22.4. The molecule has 1 aromatic carbocycles. The number of nitrogens with two attached hydrogens (primary N) is 1. The van der Waals surface area contributed by atoms with Gasteiger partial charge in [0.05, 0.1) is 24.9 Å². The van der Waals surface area contributed by atoms with Crippen molar-refractivity contribution < 1.29 is 9.13 Å². The van der Waals surface area contributed by atoms with Gasteiger partial charge in [0, 0.05) is 48.5 Å². The zero-order valence-electron chi connectivity index (χ0n) is 20.1. The van der Waals surface area contributed by atoms with Gasteiger partial charge in [-0.2, -0.15) is 0 Å². The number of aryl methyl sites for hydroxylation is 2. The van der Waals surface area contributed by atoms with E-state index in [1.807, 2.05) is 46.5 Å². The number of hydrogen-bond donors (Lipinski definition) is 1. The molecule has 1 aliphatic rings. The van der Waals surface area contributed by atoms with Crippen LogP contribution in [0.4, 0.5) is 4.39 Å². The Morgan fingerprint density at radius 1 is 1.29 bits per heavy atom. The maximum atomic E-state index is 13.5. The van der Waals surface area contributed by atoms with Crippen LogP contribution in [0.25, 0.3) is 39.3 Å². The molecular formula is C26H31FN6O. The molecule has 1 fully saturated rings. The van der Waals surface area contributed by atoms with Gasteiger partial charge in [-0.15, -0.1) is 0 Å². The third-order valence-electron chi connectivity index (χ3n) is 7.22. The van der Waals surface area contributed by atoms with E-state index in [9.17, 15) is 4.39 Å². The number of methoxy groups -OCH3 is 1. The standard InChI is InChI=1S/C26H31FN6O/c1-15-14-33(17(3)23(15)28)16(2)19-11-20-24(22(13-19)34-5)31(4)26(30-20)21-12-18-7-6-9-29-25(18)32(21)10-8-27/h6-7,9,11-13,15,17,23H,2,8,10,14,28H2,1,3-5H3/t15-,17-,23?/m1/s1. The molecule has 8 heteroatoms. The van der Waals surface area contributed by atoms with Gasteiger partial charge in [0.2, 0.25) is 0 Å². The summed E-state index contributed by atoms with van der Waals surface area (Å²) in [6.07, 6.45) is 1.72. The van der Waals surface area contributed by atoms with Crippen LogP contribution in [-0.2, 0) is 13.6 Å². The molecule has 3 aromatic heterocycles. The highest BCUT2D eigenvalue weighted by atomic mass is 19.1. The fourth-order valence-corrected chi connectivity index (χ4v) is 5.25. The van der Waals surface area contributed by atoms with Crippen molar-refractivity contribution in [2.75, 3.05) is 20.3 Å². The molecule has 0 bridgehead atoms. The minimum absolute atomic E-state index is 0.106. The molecule has 5 rings (SSSR count). The lowest BCUT2D eigenvalue weighted by Crippen LogP contribution is -2.37. The third-order valence-corrected chi connectivity index (χ3v) is 7.22. The molecule has 1 saturated heterocycles. The van der Waals surface area contributed by atoms with Crippen molar-refractivity contribution >= 4 is 27.8 Å². The predicted octanol–water partition coefficient (Wildman–Crippen LogP) is 4.21. The van der Waals surface area contributed by atoms with E-state index in [2.05, 4.69) is 30.3 Å². The average Bonchev–Trinajstić information content (AvgIpc) is 3.46. The van der Waals surface area contributed by atoms with E-state index < -0.39 is 6.67 Å². The molecule has 1 aliphatic heterocycles. The first-order valence-corrected chi connectivity index (χ1v) is 11.6. The monoisotopic (exact) mass is 462 g/mol. The van der Waals surface area contributed by atoms with Gasteiger partial charge in [0.25, 0.3) is 0 Å². The lowest BCUT2D eigenvalue weighted by Gasteiger charge is -2.27. The lowest BCUT2D eigenvalue weighted by atomic mass is 10.0. The van der Waals surface area contributed by atoms with Gasteiger partial charge in [-0.25, -0.2) is 14.4 Å². The molecule has 0 aliphatic carbocycles. The Labute approximate surface area is 198 Å². The molecule has 34 heavy (non-hydrogen) atoms. The Balaban J connectivity index is 1.65. The Hall–Kier alpha value is -3.39. The Morgan fingerprint density at radius 2 is 2.09 bits per heavy atom. The molecule has 0 radical (unpaired) electrons. The Bertz CT molecular complexity index is 1390. The number of nitrogens with zero attached hydrogens (tertiary/aromatic N) is 5. The second-order valence-corrected chi connectivity index (χ2v) is 9.22. The van der Waals surface area contributed by atoms with Crippen LogP contribution in [0.15, 0.2) is 43.1 Å². The number of halogens is 1. The summed E-state index contributed by atoms with van der Waals surface area (Å²) in [6, 6.07) is 10.2. The van der Waals surface area contributed by atoms with Crippen molar-refractivity contribution in [2.45, 2.75) is 32.5 Å². The van der Waals surface area contributed by atoms with Gasteiger partial charge in [-0.3, -0.25) is 0 Å². The number of hydrogen-bond acceptors (Lipinski definition) is 5. The van der Waals surface area contributed by atoms with Gasteiger partial charge in [-0.05, 0) is 43.2 Å². The molecule has 7 nitrogen and oxygen atoms in total. The van der Waals surface area contributed by atoms with Crippen LogP contribution in [0.2, 0.25) is 0 Å². The number of benzene rings is 1. The van der Waals surface area contributed by atoms with Gasteiger partial charge < -0.3 is 24.5 Å². The SMILES string of the molecule is C=C(c1cc(OC)c2c(c1)nc(-c1cc3cccnc3n1CCF)n2C)N1C[C@@H](C)C(N)[C@H]1C. The third kappa shape index (κ3) is 3.36. The summed E-state index contributed by atoms with van der Waals surface area (Å²) in [7, 11) is 3.62. The Morgan fingerprint density at radius 3 is 2.76 bits per heavy atom. The molecule has 3 atom stereocenters. The van der Waals surface area contributed by atoms with Crippen LogP contribution in [0.5, 0.6) is 5.75 Å². The van der Waals surface area contributed by atoms with E-state index >= 15 is 0 Å². The highest BCUT2D eigenvalue weighted by molar-refractivity contribution is 5.91. The average molecular weight is 463 g/mol. The minimum Gasteiger partial charge on any atom is -0.494 e. The van der Waals surface area contributed by atoms with E-state index in [4.69, 9.17) is 15.5 Å². The van der Waals surface area contributed by atoms with Crippen LogP contribution in [0.3, 0.4) is 0 Å². The number of ether oxygens (including phenoxy) is 1. The first-order valence-electron chi connectivity index (χ1n) is 11.6. The van der Waals surface area contributed by atoms with E-state index in [1.54, 1.807) is 13.3 Å². The van der Waals surface area contributed by atoms with Crippen LogP contribution < -0.4 is 10.5 Å². The van der Waals surface area contributed by atoms with Crippen molar-refractivity contribution in [2.24, 2.45) is 18.7 Å². The quantitative estimate of drug-likeness (QED) is 0.465. The van der Waals surface area contributed by atoms with Crippen molar-refractivity contribution in [1.82, 2.24) is 24.0 Å². The van der Waals surface area contributed by atoms with Crippen LogP contribution >= 0.6 is 0 Å². The van der Waals surface area contributed by atoms with Crippen molar-refractivity contribution in [3.8, 4) is 17.3 Å². The summed E-state index contributed by atoms with van der Waals surface area (Å²) < 4.78 is 23.1. The maximum absolute atomic E-state index is 13.5. The number of imidazole rings is 1. The molecule has 4 heterocycles. The molecular weight excluding hydrogens is 431 g/mol. The number of pyridine rings is 1. The Kier molecular flexibility index (Phi) is 5.56. The molecule has 4 aromatic rings. The highest BCUT2D eigenvalue weighted by Crippen LogP contribution is 2.37. The largest absolute Gasteiger partial charge is 0.494 e. The predicted molar refractivity (Wildman–Crippen MR) is 134 cm³/mol. The first-order chi connectivity index (χ1) is 16.3. The molecule has 0 amide bonds. The van der Waals surface area contributed by atoms with Crippen molar-refractivity contribution in [3.05, 3.63) is 48.7 Å². The lowest BCUT2D eigenvalue weighted by molar-refractivity contribution is 0.376. The second-order valence-electron chi connectivity index (χ2n) is 9.22. The normalized spacial score (nSPS) is 20.5. The summed E-state index contributed by atoms with van der Waals surface area (Å²) in [5, 5.41) is 0.951. The van der Waals surface area contributed by atoms with E-state index in [-0.39, 0.29) is 18.6 Å². The number of likely N-dealkylation sites (tertiary alicyclic amines) is 1. The summed E-state index contributed by atoms with van der Waals surface area (Å²) >= 11 is 0. The fraction of sp³-hybridized carbons (Fsp3) is 0.385. The second kappa shape index (κ2) is 8.43. The summed E-state index contributed by atoms with van der Waals surface area (Å²) in [5.74, 6) is 1.84. The smallest absolute Gasteiger partial charge is 0.157 e. The van der Waals surface area contributed by atoms with E-state index in [0.717, 1.165) is 51.4 Å². The van der Waals surface area contributed by atoms with Gasteiger partial charge in [0.1, 0.15) is 23.6 Å². The topological polar surface area (TPSA) is 74.1 Å². The zero-order chi connectivity index (χ0) is 24.1. The molecule has 1 unspecified atom stereocenters. The number of aromatic nitrogens is 4. The van der Waals surface area contributed by atoms with Crippen LogP contribution in [-0.4, -0.2) is 56.4 Å². The molecule has 178 valence electrons. The molecule has 2 N–H and O–H groups in total. The number of alkyl halides is 1. The van der Waals surface area contributed by atoms with E-state index in [0.29, 0.717) is 11.7 Å². The minimum atomic E-state index is -0.487. The van der Waals surface area contributed by atoms with Crippen LogP contribution in [0.1, 0.15) is 19.4 Å².